The standard InChI is InChI=1S/C9H10ClFN2O/c1-5(9(12)13-14)8-6(10)3-2-4-7(8)11/h2-5,14H,1H3,(H2,12,13). The number of oxime groups is 1. The molecular formula is C9H10ClFN2O. The van der Waals surface area contributed by atoms with Crippen LogP contribution in [0.5, 0.6) is 0 Å². The van der Waals surface area contributed by atoms with Crippen molar-refractivity contribution in [3.8, 4) is 0 Å². The molecule has 1 aromatic rings. The molecule has 1 atom stereocenters. The lowest BCUT2D eigenvalue weighted by atomic mass is 9.99. The van der Waals surface area contributed by atoms with Gasteiger partial charge in [-0.2, -0.15) is 0 Å². The fourth-order valence-electron chi connectivity index (χ4n) is 1.16. The Balaban J connectivity index is 3.18. The summed E-state index contributed by atoms with van der Waals surface area (Å²) in [4.78, 5) is 0. The molecule has 0 saturated carbocycles. The minimum atomic E-state index is -0.548. The zero-order valence-electron chi connectivity index (χ0n) is 7.54. The SMILES string of the molecule is CC(/C(N)=N/O)c1c(F)cccc1Cl. The first-order valence-corrected chi connectivity index (χ1v) is 4.37. The van der Waals surface area contributed by atoms with Gasteiger partial charge in [0.15, 0.2) is 0 Å². The van der Waals surface area contributed by atoms with Crippen LogP contribution in [0.15, 0.2) is 23.4 Å². The molecule has 1 aromatic carbocycles. The molecule has 76 valence electrons. The third-order valence-electron chi connectivity index (χ3n) is 1.99. The first kappa shape index (κ1) is 10.8. The van der Waals surface area contributed by atoms with Crippen LogP contribution in [0.1, 0.15) is 18.4 Å². The molecule has 1 unspecified atom stereocenters. The molecule has 5 heteroatoms. The van der Waals surface area contributed by atoms with Gasteiger partial charge >= 0.3 is 0 Å². The number of nitrogens with two attached hydrogens (primary N) is 1. The molecule has 0 amide bonds. The molecule has 0 aliphatic rings. The van der Waals surface area contributed by atoms with Gasteiger partial charge in [-0.05, 0) is 12.1 Å². The third kappa shape index (κ3) is 1.96. The average Bonchev–Trinajstić information content (AvgIpc) is 2.16. The van der Waals surface area contributed by atoms with Gasteiger partial charge in [-0.15, -0.1) is 0 Å². The monoisotopic (exact) mass is 216 g/mol. The molecule has 0 aliphatic carbocycles. The van der Waals surface area contributed by atoms with E-state index >= 15 is 0 Å². The molecule has 0 heterocycles. The summed E-state index contributed by atoms with van der Waals surface area (Å²) in [5.41, 5.74) is 5.60. The number of benzene rings is 1. The van der Waals surface area contributed by atoms with Gasteiger partial charge < -0.3 is 10.9 Å². The Kier molecular flexibility index (Phi) is 3.30. The van der Waals surface area contributed by atoms with E-state index < -0.39 is 11.7 Å². The lowest BCUT2D eigenvalue weighted by Crippen LogP contribution is -2.20. The predicted molar refractivity (Wildman–Crippen MR) is 53.2 cm³/mol. The topological polar surface area (TPSA) is 58.6 Å². The number of amidine groups is 1. The summed E-state index contributed by atoms with van der Waals surface area (Å²) in [6, 6.07) is 4.34. The minimum Gasteiger partial charge on any atom is -0.409 e. The number of hydrogen-bond donors (Lipinski definition) is 2. The van der Waals surface area contributed by atoms with Crippen molar-refractivity contribution in [1.82, 2.24) is 0 Å². The van der Waals surface area contributed by atoms with E-state index in [1.165, 1.54) is 12.1 Å². The van der Waals surface area contributed by atoms with Crippen LogP contribution >= 0.6 is 11.6 Å². The highest BCUT2D eigenvalue weighted by Gasteiger charge is 2.18. The second-order valence-corrected chi connectivity index (χ2v) is 3.29. The van der Waals surface area contributed by atoms with Crippen molar-refractivity contribution in [3.05, 3.63) is 34.6 Å². The Hall–Kier alpha value is -1.29. The van der Waals surface area contributed by atoms with Crippen LogP contribution in [-0.4, -0.2) is 11.0 Å². The van der Waals surface area contributed by atoms with Gasteiger partial charge in [-0.25, -0.2) is 4.39 Å². The zero-order chi connectivity index (χ0) is 10.7. The molecule has 14 heavy (non-hydrogen) atoms. The summed E-state index contributed by atoms with van der Waals surface area (Å²) in [6.07, 6.45) is 0. The maximum atomic E-state index is 13.3. The molecular weight excluding hydrogens is 207 g/mol. The second-order valence-electron chi connectivity index (χ2n) is 2.88. The molecule has 3 nitrogen and oxygen atoms in total. The lowest BCUT2D eigenvalue weighted by Gasteiger charge is -2.12. The van der Waals surface area contributed by atoms with Gasteiger partial charge in [0, 0.05) is 16.5 Å². The summed E-state index contributed by atoms with van der Waals surface area (Å²) < 4.78 is 13.3. The van der Waals surface area contributed by atoms with Crippen molar-refractivity contribution < 1.29 is 9.60 Å². The molecule has 0 saturated heterocycles. The minimum absolute atomic E-state index is 0.0722. The molecule has 0 bridgehead atoms. The summed E-state index contributed by atoms with van der Waals surface area (Å²) >= 11 is 5.79. The maximum absolute atomic E-state index is 13.3. The zero-order valence-corrected chi connectivity index (χ0v) is 8.29. The fourth-order valence-corrected chi connectivity index (χ4v) is 1.49. The van der Waals surface area contributed by atoms with E-state index in [0.717, 1.165) is 0 Å². The molecule has 0 aliphatic heterocycles. The van der Waals surface area contributed by atoms with Crippen molar-refractivity contribution >= 4 is 17.4 Å². The second kappa shape index (κ2) is 4.28. The summed E-state index contributed by atoms with van der Waals surface area (Å²) in [5, 5.41) is 11.5. The summed E-state index contributed by atoms with van der Waals surface area (Å²) in [6.45, 7) is 1.61. The van der Waals surface area contributed by atoms with E-state index in [1.54, 1.807) is 13.0 Å². The van der Waals surface area contributed by atoms with Crippen molar-refractivity contribution in [1.29, 1.82) is 0 Å². The van der Waals surface area contributed by atoms with Crippen molar-refractivity contribution in [2.45, 2.75) is 12.8 Å². The van der Waals surface area contributed by atoms with E-state index in [0.29, 0.717) is 0 Å². The van der Waals surface area contributed by atoms with Gasteiger partial charge in [0.25, 0.3) is 0 Å². The highest BCUT2D eigenvalue weighted by Crippen LogP contribution is 2.27. The Labute approximate surface area is 86.0 Å². The third-order valence-corrected chi connectivity index (χ3v) is 2.32. The largest absolute Gasteiger partial charge is 0.409 e. The number of nitrogens with zero attached hydrogens (tertiary/aromatic N) is 1. The van der Waals surface area contributed by atoms with Gasteiger partial charge in [0.1, 0.15) is 11.7 Å². The number of hydrogen-bond acceptors (Lipinski definition) is 2. The highest BCUT2D eigenvalue weighted by atomic mass is 35.5. The van der Waals surface area contributed by atoms with E-state index in [2.05, 4.69) is 5.16 Å². The van der Waals surface area contributed by atoms with Crippen LogP contribution in [0.3, 0.4) is 0 Å². The molecule has 0 fully saturated rings. The Morgan fingerprint density at radius 1 is 1.64 bits per heavy atom. The van der Waals surface area contributed by atoms with Crippen LogP contribution in [0, 0.1) is 5.82 Å². The molecule has 3 N–H and O–H groups in total. The maximum Gasteiger partial charge on any atom is 0.146 e. The average molecular weight is 217 g/mol. The first-order valence-electron chi connectivity index (χ1n) is 3.99. The quantitative estimate of drug-likeness (QED) is 0.345. The van der Waals surface area contributed by atoms with Crippen LogP contribution in [0.25, 0.3) is 0 Å². The van der Waals surface area contributed by atoms with Gasteiger partial charge in [0.2, 0.25) is 0 Å². The first-order chi connectivity index (χ1) is 6.57. The smallest absolute Gasteiger partial charge is 0.146 e. The van der Waals surface area contributed by atoms with Crippen molar-refractivity contribution in [2.75, 3.05) is 0 Å². The van der Waals surface area contributed by atoms with Crippen LogP contribution in [0.4, 0.5) is 4.39 Å². The number of halogens is 2. The Morgan fingerprint density at radius 2 is 2.29 bits per heavy atom. The Bertz CT molecular complexity index is 348. The van der Waals surface area contributed by atoms with Crippen LogP contribution in [0.2, 0.25) is 5.02 Å². The van der Waals surface area contributed by atoms with Crippen molar-refractivity contribution in [2.24, 2.45) is 10.9 Å². The highest BCUT2D eigenvalue weighted by molar-refractivity contribution is 6.31. The van der Waals surface area contributed by atoms with E-state index in [9.17, 15) is 4.39 Å². The van der Waals surface area contributed by atoms with Gasteiger partial charge in [0.05, 0.1) is 0 Å². The van der Waals surface area contributed by atoms with E-state index in [-0.39, 0.29) is 16.4 Å². The van der Waals surface area contributed by atoms with Crippen LogP contribution in [-0.2, 0) is 0 Å². The molecule has 0 aromatic heterocycles. The van der Waals surface area contributed by atoms with E-state index in [1.807, 2.05) is 0 Å². The van der Waals surface area contributed by atoms with Gasteiger partial charge in [-0.1, -0.05) is 29.7 Å². The molecule has 0 spiro atoms. The summed E-state index contributed by atoms with van der Waals surface area (Å²) in [5.74, 6) is -1.08. The normalized spacial score (nSPS) is 14.1. The number of rotatable bonds is 2. The van der Waals surface area contributed by atoms with Crippen molar-refractivity contribution in [3.63, 3.8) is 0 Å². The lowest BCUT2D eigenvalue weighted by molar-refractivity contribution is 0.316. The molecule has 0 radical (unpaired) electrons. The predicted octanol–water partition coefficient (Wildman–Crippen LogP) is 2.33. The fraction of sp³-hybridized carbons (Fsp3) is 0.222. The van der Waals surface area contributed by atoms with E-state index in [4.69, 9.17) is 22.5 Å². The van der Waals surface area contributed by atoms with Gasteiger partial charge in [-0.3, -0.25) is 0 Å². The Morgan fingerprint density at radius 3 is 2.79 bits per heavy atom. The summed E-state index contributed by atoms with van der Waals surface area (Å²) in [7, 11) is 0. The molecule has 1 rings (SSSR count). The van der Waals surface area contributed by atoms with Crippen LogP contribution < -0.4 is 5.73 Å².